The van der Waals surface area contributed by atoms with Gasteiger partial charge in [0.25, 0.3) is 0 Å². The van der Waals surface area contributed by atoms with Crippen LogP contribution in [0.1, 0.15) is 30.9 Å². The summed E-state index contributed by atoms with van der Waals surface area (Å²) >= 11 is 0. The van der Waals surface area contributed by atoms with Crippen LogP contribution >= 0.6 is 0 Å². The van der Waals surface area contributed by atoms with Gasteiger partial charge in [0.2, 0.25) is 0 Å². The minimum Gasteiger partial charge on any atom is -0.466 e. The highest BCUT2D eigenvalue weighted by atomic mass is 16.5. The number of nitrogens with zero attached hydrogens (tertiary/aromatic N) is 1. The molecule has 0 aliphatic heterocycles. The molecule has 2 aromatic carbocycles. The molecule has 3 rings (SSSR count). The zero-order valence-corrected chi connectivity index (χ0v) is 15.4. The molecule has 0 spiro atoms. The molecular formula is C23H23NO3. The van der Waals surface area contributed by atoms with Gasteiger partial charge in [-0.25, -0.2) is 0 Å². The van der Waals surface area contributed by atoms with E-state index < -0.39 is 11.5 Å². The maximum absolute atomic E-state index is 12.4. The van der Waals surface area contributed by atoms with Gasteiger partial charge in [0, 0.05) is 11.6 Å². The number of ketones is 1. The molecule has 0 N–H and O–H groups in total. The van der Waals surface area contributed by atoms with Crippen molar-refractivity contribution in [2.24, 2.45) is 4.99 Å². The van der Waals surface area contributed by atoms with Crippen LogP contribution in [-0.4, -0.2) is 30.6 Å². The Morgan fingerprint density at radius 2 is 1.70 bits per heavy atom. The summed E-state index contributed by atoms with van der Waals surface area (Å²) < 4.78 is 4.91. The lowest BCUT2D eigenvalue weighted by molar-refractivity contribution is -0.141. The van der Waals surface area contributed by atoms with Gasteiger partial charge in [-0.1, -0.05) is 66.7 Å². The summed E-state index contributed by atoms with van der Waals surface area (Å²) in [6.45, 7) is 2.10. The second-order valence-corrected chi connectivity index (χ2v) is 6.50. The number of hydrogen-bond acceptors (Lipinski definition) is 4. The summed E-state index contributed by atoms with van der Waals surface area (Å²) in [4.78, 5) is 28.4. The molecule has 1 aliphatic carbocycles. The van der Waals surface area contributed by atoms with E-state index in [1.165, 1.54) is 6.21 Å². The van der Waals surface area contributed by atoms with Gasteiger partial charge in [-0.05, 0) is 30.5 Å². The van der Waals surface area contributed by atoms with E-state index in [4.69, 9.17) is 4.74 Å². The van der Waals surface area contributed by atoms with Crippen LogP contribution in [-0.2, 0) is 19.7 Å². The quantitative estimate of drug-likeness (QED) is 0.579. The first-order chi connectivity index (χ1) is 13.2. The number of benzene rings is 2. The number of aliphatic imine (C=N–C) groups is 1. The first-order valence-electron chi connectivity index (χ1n) is 9.17. The molecule has 2 aromatic rings. The van der Waals surface area contributed by atoms with Crippen LogP contribution in [0.4, 0.5) is 0 Å². The standard InChI is InChI=1S/C23H23NO3/c1-2-27-22(26)14-16-24-20-17-23(15-13-21(20)25,18-9-5-3-6-10-18)19-11-7-4-8-12-19/h3-13,15-16,20H,2,14,17H2,1H3. The Morgan fingerprint density at radius 3 is 2.26 bits per heavy atom. The number of hydrogen-bond donors (Lipinski definition) is 0. The largest absolute Gasteiger partial charge is 0.466 e. The zero-order chi connectivity index (χ0) is 19.1. The molecule has 138 valence electrons. The summed E-state index contributed by atoms with van der Waals surface area (Å²) in [5, 5.41) is 0. The highest BCUT2D eigenvalue weighted by molar-refractivity contribution is 5.97. The fourth-order valence-corrected chi connectivity index (χ4v) is 3.48. The molecular weight excluding hydrogens is 338 g/mol. The molecule has 0 fully saturated rings. The third-order valence-electron chi connectivity index (χ3n) is 4.80. The maximum Gasteiger partial charge on any atom is 0.311 e. The van der Waals surface area contributed by atoms with Gasteiger partial charge in [0.15, 0.2) is 5.78 Å². The van der Waals surface area contributed by atoms with E-state index in [1.807, 2.05) is 42.5 Å². The Morgan fingerprint density at radius 1 is 1.11 bits per heavy atom. The molecule has 4 heteroatoms. The Balaban J connectivity index is 1.93. The van der Waals surface area contributed by atoms with Crippen molar-refractivity contribution in [3.05, 3.63) is 83.9 Å². The van der Waals surface area contributed by atoms with Gasteiger partial charge in [0.05, 0.1) is 13.0 Å². The molecule has 1 unspecified atom stereocenters. The van der Waals surface area contributed by atoms with E-state index >= 15 is 0 Å². The topological polar surface area (TPSA) is 55.7 Å². The molecule has 0 saturated carbocycles. The van der Waals surface area contributed by atoms with Crippen LogP contribution in [0.15, 0.2) is 77.8 Å². The van der Waals surface area contributed by atoms with E-state index in [-0.39, 0.29) is 18.2 Å². The van der Waals surface area contributed by atoms with E-state index in [0.29, 0.717) is 13.0 Å². The number of carbonyl (C=O) groups excluding carboxylic acids is 2. The average Bonchev–Trinajstić information content (AvgIpc) is 2.71. The average molecular weight is 361 g/mol. The van der Waals surface area contributed by atoms with Gasteiger partial charge in [0.1, 0.15) is 6.04 Å². The third-order valence-corrected chi connectivity index (χ3v) is 4.80. The van der Waals surface area contributed by atoms with Crippen molar-refractivity contribution in [2.45, 2.75) is 31.2 Å². The summed E-state index contributed by atoms with van der Waals surface area (Å²) in [7, 11) is 0. The lowest BCUT2D eigenvalue weighted by Crippen LogP contribution is -2.37. The zero-order valence-electron chi connectivity index (χ0n) is 15.4. The molecule has 0 saturated heterocycles. The normalized spacial score (nSPS) is 18.6. The van der Waals surface area contributed by atoms with Crippen LogP contribution in [0.3, 0.4) is 0 Å². The minimum absolute atomic E-state index is 0.0439. The second kappa shape index (κ2) is 8.58. The van der Waals surface area contributed by atoms with Crippen molar-refractivity contribution in [2.75, 3.05) is 6.61 Å². The van der Waals surface area contributed by atoms with E-state index in [2.05, 4.69) is 29.3 Å². The van der Waals surface area contributed by atoms with Crippen LogP contribution in [0.5, 0.6) is 0 Å². The fourth-order valence-electron chi connectivity index (χ4n) is 3.48. The molecule has 4 nitrogen and oxygen atoms in total. The second-order valence-electron chi connectivity index (χ2n) is 6.50. The molecule has 0 radical (unpaired) electrons. The first kappa shape index (κ1) is 18.8. The van der Waals surface area contributed by atoms with Gasteiger partial charge in [-0.15, -0.1) is 0 Å². The predicted octanol–water partition coefficient (Wildman–Crippen LogP) is 3.89. The summed E-state index contributed by atoms with van der Waals surface area (Å²) in [5.74, 6) is -0.380. The first-order valence-corrected chi connectivity index (χ1v) is 9.17. The van der Waals surface area contributed by atoms with Crippen molar-refractivity contribution in [3.8, 4) is 0 Å². The molecule has 27 heavy (non-hydrogen) atoms. The Labute approximate surface area is 159 Å². The lowest BCUT2D eigenvalue weighted by atomic mass is 9.67. The van der Waals surface area contributed by atoms with Gasteiger partial charge >= 0.3 is 5.97 Å². The van der Waals surface area contributed by atoms with Gasteiger partial charge < -0.3 is 4.74 Å². The molecule has 0 aromatic heterocycles. The Bertz CT molecular complexity index is 801. The molecule has 1 atom stereocenters. The van der Waals surface area contributed by atoms with E-state index in [1.54, 1.807) is 13.0 Å². The van der Waals surface area contributed by atoms with Crippen molar-refractivity contribution in [1.29, 1.82) is 0 Å². The number of carbonyl (C=O) groups is 2. The number of ether oxygens (including phenoxy) is 1. The highest BCUT2D eigenvalue weighted by Crippen LogP contribution is 2.41. The Hall–Kier alpha value is -3.01. The lowest BCUT2D eigenvalue weighted by Gasteiger charge is -2.36. The van der Waals surface area contributed by atoms with E-state index in [0.717, 1.165) is 11.1 Å². The smallest absolute Gasteiger partial charge is 0.311 e. The van der Waals surface area contributed by atoms with E-state index in [9.17, 15) is 9.59 Å². The molecule has 0 heterocycles. The van der Waals surface area contributed by atoms with Gasteiger partial charge in [-0.3, -0.25) is 14.6 Å². The van der Waals surface area contributed by atoms with Crippen LogP contribution in [0.2, 0.25) is 0 Å². The van der Waals surface area contributed by atoms with Crippen molar-refractivity contribution >= 4 is 18.0 Å². The third kappa shape index (κ3) is 4.22. The number of allylic oxidation sites excluding steroid dienone is 1. The molecule has 1 aliphatic rings. The molecule has 0 amide bonds. The van der Waals surface area contributed by atoms with Crippen molar-refractivity contribution < 1.29 is 14.3 Å². The predicted molar refractivity (Wildman–Crippen MR) is 106 cm³/mol. The van der Waals surface area contributed by atoms with Gasteiger partial charge in [-0.2, -0.15) is 0 Å². The van der Waals surface area contributed by atoms with Crippen molar-refractivity contribution in [1.82, 2.24) is 0 Å². The van der Waals surface area contributed by atoms with Crippen LogP contribution in [0, 0.1) is 0 Å². The van der Waals surface area contributed by atoms with Crippen LogP contribution in [0.25, 0.3) is 0 Å². The molecule has 0 bridgehead atoms. The Kier molecular flexibility index (Phi) is 5.97. The SMILES string of the molecule is CCOC(=O)CC=NC1CC(c2ccccc2)(c2ccccc2)C=CC1=O. The highest BCUT2D eigenvalue weighted by Gasteiger charge is 2.39. The minimum atomic E-state index is -0.523. The maximum atomic E-state index is 12.4. The number of esters is 1. The summed E-state index contributed by atoms with van der Waals surface area (Å²) in [6.07, 6.45) is 5.70. The fraction of sp³-hybridized carbons (Fsp3) is 0.261. The number of rotatable bonds is 6. The monoisotopic (exact) mass is 361 g/mol. The van der Waals surface area contributed by atoms with Crippen molar-refractivity contribution in [3.63, 3.8) is 0 Å². The van der Waals surface area contributed by atoms with Crippen LogP contribution < -0.4 is 0 Å². The summed E-state index contributed by atoms with van der Waals surface area (Å²) in [6, 6.07) is 19.8. The summed E-state index contributed by atoms with van der Waals surface area (Å²) in [5.41, 5.74) is 1.80.